The van der Waals surface area contributed by atoms with Crippen molar-refractivity contribution in [2.24, 2.45) is 0 Å². The second-order valence-corrected chi connectivity index (χ2v) is 3.58. The second kappa shape index (κ2) is 4.82. The van der Waals surface area contributed by atoms with Crippen molar-refractivity contribution in [2.75, 3.05) is 14.2 Å². The van der Waals surface area contributed by atoms with Crippen LogP contribution in [0.5, 0.6) is 11.5 Å². The lowest BCUT2D eigenvalue weighted by atomic mass is 10.0. The summed E-state index contributed by atoms with van der Waals surface area (Å²) in [7, 11) is 3.29. The van der Waals surface area contributed by atoms with Crippen LogP contribution in [0.4, 0.5) is 0 Å². The lowest BCUT2D eigenvalue weighted by Crippen LogP contribution is -1.96. The minimum atomic E-state index is 0.767. The summed E-state index contributed by atoms with van der Waals surface area (Å²) < 4.78 is 10.7. The minimum absolute atomic E-state index is 0.767. The first kappa shape index (κ1) is 11.4. The summed E-state index contributed by atoms with van der Waals surface area (Å²) in [5.74, 6) is 1.58. The number of benzene rings is 1. The van der Waals surface area contributed by atoms with Crippen LogP contribution in [0, 0.1) is 6.92 Å². The Bertz CT molecular complexity index is 512. The van der Waals surface area contributed by atoms with Crippen LogP contribution in [0.15, 0.2) is 30.5 Å². The highest BCUT2D eigenvalue weighted by atomic mass is 16.5. The predicted molar refractivity (Wildman–Crippen MR) is 65.3 cm³/mol. The summed E-state index contributed by atoms with van der Waals surface area (Å²) in [6, 6.07) is 7.50. The number of hydrogen-bond acceptors (Lipinski definition) is 4. The predicted octanol–water partition coefficient (Wildman–Crippen LogP) is 2.47. The minimum Gasteiger partial charge on any atom is -0.496 e. The molecule has 0 unspecified atom stereocenters. The van der Waals surface area contributed by atoms with Crippen molar-refractivity contribution >= 4 is 0 Å². The summed E-state index contributed by atoms with van der Waals surface area (Å²) in [6.45, 7) is 1.98. The largest absolute Gasteiger partial charge is 0.496 e. The maximum Gasteiger partial charge on any atom is 0.128 e. The molecule has 0 fully saturated rings. The van der Waals surface area contributed by atoms with Crippen molar-refractivity contribution in [1.29, 1.82) is 0 Å². The number of nitrogens with zero attached hydrogens (tertiary/aromatic N) is 2. The maximum atomic E-state index is 5.36. The molecule has 0 N–H and O–H groups in total. The monoisotopic (exact) mass is 230 g/mol. The first-order valence-corrected chi connectivity index (χ1v) is 5.27. The normalized spacial score (nSPS) is 10.1. The van der Waals surface area contributed by atoms with E-state index in [9.17, 15) is 0 Å². The quantitative estimate of drug-likeness (QED) is 0.812. The molecule has 0 saturated carbocycles. The topological polar surface area (TPSA) is 44.2 Å². The molecule has 0 aliphatic carbocycles. The third kappa shape index (κ3) is 2.06. The number of methoxy groups -OCH3 is 2. The summed E-state index contributed by atoms with van der Waals surface area (Å²) in [4.78, 5) is 0. The van der Waals surface area contributed by atoms with Crippen molar-refractivity contribution in [3.05, 3.63) is 36.0 Å². The molecule has 0 saturated heterocycles. The van der Waals surface area contributed by atoms with Crippen LogP contribution in [0.25, 0.3) is 11.3 Å². The zero-order valence-electron chi connectivity index (χ0n) is 10.1. The molecule has 1 heterocycles. The van der Waals surface area contributed by atoms with Gasteiger partial charge in [-0.15, -0.1) is 0 Å². The number of rotatable bonds is 3. The summed E-state index contributed by atoms with van der Waals surface area (Å²) in [6.07, 6.45) is 1.64. The molecule has 0 atom stereocenters. The van der Waals surface area contributed by atoms with E-state index in [1.807, 2.05) is 31.2 Å². The van der Waals surface area contributed by atoms with Crippen molar-refractivity contribution in [2.45, 2.75) is 6.92 Å². The summed E-state index contributed by atoms with van der Waals surface area (Å²) in [5, 5.41) is 7.99. The van der Waals surface area contributed by atoms with Crippen molar-refractivity contribution in [3.63, 3.8) is 0 Å². The van der Waals surface area contributed by atoms with Crippen molar-refractivity contribution < 1.29 is 9.47 Å². The van der Waals surface area contributed by atoms with Gasteiger partial charge in [0.15, 0.2) is 0 Å². The third-order valence-corrected chi connectivity index (χ3v) is 2.65. The van der Waals surface area contributed by atoms with Crippen molar-refractivity contribution in [1.82, 2.24) is 10.2 Å². The van der Waals surface area contributed by atoms with Gasteiger partial charge < -0.3 is 9.47 Å². The molecule has 0 radical (unpaired) electrons. The van der Waals surface area contributed by atoms with Crippen LogP contribution in [0.1, 0.15) is 5.56 Å². The molecule has 0 amide bonds. The number of hydrogen-bond donors (Lipinski definition) is 0. The van der Waals surface area contributed by atoms with E-state index in [0.29, 0.717) is 0 Å². The zero-order chi connectivity index (χ0) is 12.3. The molecule has 1 aromatic heterocycles. The first-order chi connectivity index (χ1) is 8.27. The molecule has 4 nitrogen and oxygen atoms in total. The zero-order valence-corrected chi connectivity index (χ0v) is 10.1. The Morgan fingerprint density at radius 3 is 2.29 bits per heavy atom. The van der Waals surface area contributed by atoms with Crippen LogP contribution >= 0.6 is 0 Å². The van der Waals surface area contributed by atoms with Crippen molar-refractivity contribution in [3.8, 4) is 22.8 Å². The van der Waals surface area contributed by atoms with E-state index < -0.39 is 0 Å². The van der Waals surface area contributed by atoms with Gasteiger partial charge in [-0.2, -0.15) is 10.2 Å². The Morgan fingerprint density at radius 1 is 1.00 bits per heavy atom. The van der Waals surface area contributed by atoms with Crippen LogP contribution in [-0.4, -0.2) is 24.4 Å². The Morgan fingerprint density at radius 2 is 1.71 bits per heavy atom. The van der Waals surface area contributed by atoms with E-state index in [2.05, 4.69) is 10.2 Å². The molecule has 4 heteroatoms. The average Bonchev–Trinajstić information content (AvgIpc) is 2.39. The summed E-state index contributed by atoms with van der Waals surface area (Å²) in [5.41, 5.74) is 2.69. The Labute approximate surface area is 100 Å². The first-order valence-electron chi connectivity index (χ1n) is 5.27. The molecule has 0 aliphatic heterocycles. The molecule has 88 valence electrons. The van der Waals surface area contributed by atoms with Crippen LogP contribution in [0.3, 0.4) is 0 Å². The number of aromatic nitrogens is 2. The smallest absolute Gasteiger partial charge is 0.128 e. The van der Waals surface area contributed by atoms with Gasteiger partial charge in [-0.3, -0.25) is 0 Å². The molecule has 1 aromatic carbocycles. The summed E-state index contributed by atoms with van der Waals surface area (Å²) >= 11 is 0. The average molecular weight is 230 g/mol. The maximum absolute atomic E-state index is 5.36. The Hall–Kier alpha value is -2.10. The lowest BCUT2D eigenvalue weighted by Gasteiger charge is -2.13. The fourth-order valence-corrected chi connectivity index (χ4v) is 1.81. The Balaban J connectivity index is 2.66. The molecule has 0 aliphatic rings. The lowest BCUT2D eigenvalue weighted by molar-refractivity contribution is 0.401. The van der Waals surface area contributed by atoms with E-state index in [0.717, 1.165) is 28.3 Å². The standard InChI is InChI=1S/C13H14N2O2/c1-9-11(16-2)6-7-12(17-3)13(9)10-5-4-8-14-15-10/h4-8H,1-3H3. The van der Waals surface area contributed by atoms with Gasteiger partial charge in [0.05, 0.1) is 25.5 Å². The second-order valence-electron chi connectivity index (χ2n) is 3.58. The van der Waals surface area contributed by atoms with Gasteiger partial charge in [-0.1, -0.05) is 0 Å². The molecule has 2 aromatic rings. The fraction of sp³-hybridized carbons (Fsp3) is 0.231. The van der Waals surface area contributed by atoms with E-state index >= 15 is 0 Å². The van der Waals surface area contributed by atoms with E-state index in [4.69, 9.17) is 9.47 Å². The fourth-order valence-electron chi connectivity index (χ4n) is 1.81. The molecular weight excluding hydrogens is 216 g/mol. The van der Waals surface area contributed by atoms with Gasteiger partial charge in [-0.05, 0) is 31.2 Å². The molecule has 0 bridgehead atoms. The highest BCUT2D eigenvalue weighted by molar-refractivity contribution is 5.73. The van der Waals surface area contributed by atoms with E-state index in [1.165, 1.54) is 0 Å². The third-order valence-electron chi connectivity index (χ3n) is 2.65. The van der Waals surface area contributed by atoms with Gasteiger partial charge in [0.1, 0.15) is 11.5 Å². The van der Waals surface area contributed by atoms with Gasteiger partial charge >= 0.3 is 0 Å². The number of ether oxygens (including phenoxy) is 2. The van der Waals surface area contributed by atoms with E-state index in [-0.39, 0.29) is 0 Å². The highest BCUT2D eigenvalue weighted by Gasteiger charge is 2.14. The van der Waals surface area contributed by atoms with Gasteiger partial charge in [0.25, 0.3) is 0 Å². The molecule has 0 spiro atoms. The molecule has 2 rings (SSSR count). The Kier molecular flexibility index (Phi) is 3.23. The molecular formula is C13H14N2O2. The van der Waals surface area contributed by atoms with Crippen LogP contribution < -0.4 is 9.47 Å². The van der Waals surface area contributed by atoms with Crippen LogP contribution in [-0.2, 0) is 0 Å². The van der Waals surface area contributed by atoms with Gasteiger partial charge in [0.2, 0.25) is 0 Å². The van der Waals surface area contributed by atoms with Crippen LogP contribution in [0.2, 0.25) is 0 Å². The SMILES string of the molecule is COc1ccc(OC)c(-c2cccnn2)c1C. The van der Waals surface area contributed by atoms with Gasteiger partial charge in [0, 0.05) is 11.8 Å². The molecule has 17 heavy (non-hydrogen) atoms. The van der Waals surface area contributed by atoms with E-state index in [1.54, 1.807) is 20.4 Å². The highest BCUT2D eigenvalue weighted by Crippen LogP contribution is 2.36. The van der Waals surface area contributed by atoms with Gasteiger partial charge in [-0.25, -0.2) is 0 Å².